The molecule has 2 aromatic heterocycles. The third kappa shape index (κ3) is 3.61. The van der Waals surface area contributed by atoms with E-state index in [1.165, 1.54) is 12.8 Å². The van der Waals surface area contributed by atoms with Gasteiger partial charge in [-0.3, -0.25) is 4.79 Å². The van der Waals surface area contributed by atoms with Crippen LogP contribution in [0.3, 0.4) is 0 Å². The Balaban J connectivity index is 1.44. The molecule has 1 fully saturated rings. The van der Waals surface area contributed by atoms with Gasteiger partial charge in [0.25, 0.3) is 0 Å². The summed E-state index contributed by atoms with van der Waals surface area (Å²) in [6, 6.07) is 9.38. The Bertz CT molecular complexity index is 1080. The Morgan fingerprint density at radius 2 is 1.93 bits per heavy atom. The lowest BCUT2D eigenvalue weighted by Crippen LogP contribution is -2.18. The van der Waals surface area contributed by atoms with Gasteiger partial charge in [0.2, 0.25) is 11.9 Å². The predicted molar refractivity (Wildman–Crippen MR) is 114 cm³/mol. The number of nitrogens with zero attached hydrogens (tertiary/aromatic N) is 4. The maximum atomic E-state index is 12.2. The van der Waals surface area contributed by atoms with Gasteiger partial charge in [0.15, 0.2) is 0 Å². The molecule has 7 nitrogen and oxygen atoms in total. The minimum Gasteiger partial charge on any atom is -0.357 e. The van der Waals surface area contributed by atoms with E-state index in [9.17, 15) is 4.79 Å². The second-order valence-corrected chi connectivity index (χ2v) is 7.64. The molecule has 1 aromatic carbocycles. The number of amides is 1. The summed E-state index contributed by atoms with van der Waals surface area (Å²) in [5, 5.41) is 6.66. The first-order valence-electron chi connectivity index (χ1n) is 9.59. The van der Waals surface area contributed by atoms with Gasteiger partial charge in [-0.1, -0.05) is 11.6 Å². The molecule has 2 N–H and O–H groups in total. The highest BCUT2D eigenvalue weighted by molar-refractivity contribution is 6.31. The molecule has 1 saturated heterocycles. The van der Waals surface area contributed by atoms with E-state index in [1.54, 1.807) is 24.5 Å². The molecule has 2 aliphatic rings. The van der Waals surface area contributed by atoms with Crippen molar-refractivity contribution in [1.82, 2.24) is 15.0 Å². The van der Waals surface area contributed by atoms with Crippen LogP contribution >= 0.6 is 11.6 Å². The number of carbonyl (C=O) groups is 1. The van der Waals surface area contributed by atoms with Crippen LogP contribution < -0.4 is 15.5 Å². The average molecular weight is 407 g/mol. The Labute approximate surface area is 173 Å². The van der Waals surface area contributed by atoms with E-state index < -0.39 is 0 Å². The van der Waals surface area contributed by atoms with Crippen LogP contribution in [0.1, 0.15) is 18.4 Å². The number of pyridine rings is 1. The number of carbonyl (C=O) groups excluding carboxylic acids is 1. The summed E-state index contributed by atoms with van der Waals surface area (Å²) in [6.07, 6.45) is 6.14. The van der Waals surface area contributed by atoms with Gasteiger partial charge in [-0.25, -0.2) is 15.0 Å². The van der Waals surface area contributed by atoms with E-state index in [2.05, 4.69) is 30.5 Å². The second kappa shape index (κ2) is 7.33. The Kier molecular flexibility index (Phi) is 4.52. The van der Waals surface area contributed by atoms with E-state index in [0.29, 0.717) is 22.4 Å². The molecule has 3 aromatic rings. The molecular formula is C21H19ClN6O. The highest BCUT2D eigenvalue weighted by Crippen LogP contribution is 2.34. The first kappa shape index (κ1) is 17.9. The fourth-order valence-electron chi connectivity index (χ4n) is 3.75. The number of halogens is 1. The minimum atomic E-state index is -0.113. The largest absolute Gasteiger partial charge is 0.357 e. The van der Waals surface area contributed by atoms with Gasteiger partial charge in [-0.15, -0.1) is 0 Å². The van der Waals surface area contributed by atoms with E-state index in [1.807, 2.05) is 18.2 Å². The van der Waals surface area contributed by atoms with Gasteiger partial charge < -0.3 is 15.5 Å². The van der Waals surface area contributed by atoms with E-state index in [4.69, 9.17) is 11.6 Å². The highest BCUT2D eigenvalue weighted by atomic mass is 35.5. The van der Waals surface area contributed by atoms with Crippen LogP contribution in [-0.2, 0) is 11.2 Å². The van der Waals surface area contributed by atoms with Crippen LogP contribution in [0.4, 0.5) is 23.1 Å². The number of nitrogens with one attached hydrogen (secondary N) is 2. The van der Waals surface area contributed by atoms with Crippen molar-refractivity contribution in [1.29, 1.82) is 0 Å². The van der Waals surface area contributed by atoms with Crippen molar-refractivity contribution in [3.8, 4) is 11.3 Å². The van der Waals surface area contributed by atoms with Crippen LogP contribution in [0.2, 0.25) is 5.02 Å². The van der Waals surface area contributed by atoms with E-state index in [0.717, 1.165) is 35.7 Å². The number of fused-ring (bicyclic) bond motifs is 3. The van der Waals surface area contributed by atoms with Gasteiger partial charge in [-0.2, -0.15) is 0 Å². The maximum absolute atomic E-state index is 12.2. The number of rotatable bonds is 3. The quantitative estimate of drug-likeness (QED) is 0.683. The Morgan fingerprint density at radius 1 is 1.07 bits per heavy atom. The third-order valence-corrected chi connectivity index (χ3v) is 5.40. The van der Waals surface area contributed by atoms with Crippen molar-refractivity contribution in [3.05, 3.63) is 53.3 Å². The van der Waals surface area contributed by atoms with Gasteiger partial charge in [0.05, 0.1) is 29.7 Å². The molecule has 0 unspecified atom stereocenters. The van der Waals surface area contributed by atoms with Crippen LogP contribution in [0, 0.1) is 0 Å². The van der Waals surface area contributed by atoms with Crippen molar-refractivity contribution in [2.45, 2.75) is 19.3 Å². The summed E-state index contributed by atoms with van der Waals surface area (Å²) in [4.78, 5) is 28.1. The number of hydrogen-bond donors (Lipinski definition) is 2. The normalized spacial score (nSPS) is 15.3. The summed E-state index contributed by atoms with van der Waals surface area (Å²) in [6.45, 7) is 2.12. The monoisotopic (exact) mass is 406 g/mol. The van der Waals surface area contributed by atoms with Gasteiger partial charge in [-0.05, 0) is 43.2 Å². The molecule has 29 heavy (non-hydrogen) atoms. The summed E-state index contributed by atoms with van der Waals surface area (Å²) in [7, 11) is 0. The molecule has 1 amide bonds. The topological polar surface area (TPSA) is 83.0 Å². The molecule has 0 spiro atoms. The maximum Gasteiger partial charge on any atom is 0.228 e. The molecule has 0 atom stereocenters. The molecular weight excluding hydrogens is 388 g/mol. The van der Waals surface area contributed by atoms with E-state index >= 15 is 0 Å². The van der Waals surface area contributed by atoms with Crippen LogP contribution in [0.5, 0.6) is 0 Å². The van der Waals surface area contributed by atoms with Crippen molar-refractivity contribution < 1.29 is 4.79 Å². The summed E-state index contributed by atoms with van der Waals surface area (Å²) in [5.41, 5.74) is 3.78. The lowest BCUT2D eigenvalue weighted by atomic mass is 10.1. The van der Waals surface area contributed by atoms with E-state index in [-0.39, 0.29) is 12.3 Å². The lowest BCUT2D eigenvalue weighted by Gasteiger charge is -2.16. The predicted octanol–water partition coefficient (Wildman–Crippen LogP) is 4.03. The Morgan fingerprint density at radius 3 is 2.72 bits per heavy atom. The number of anilines is 4. The summed E-state index contributed by atoms with van der Waals surface area (Å²) in [5.74, 6) is 1.33. The molecule has 0 bridgehead atoms. The molecule has 0 aliphatic carbocycles. The van der Waals surface area contributed by atoms with Crippen molar-refractivity contribution in [2.24, 2.45) is 0 Å². The lowest BCUT2D eigenvalue weighted by molar-refractivity contribution is -0.115. The zero-order valence-electron chi connectivity index (χ0n) is 15.7. The second-order valence-electron chi connectivity index (χ2n) is 7.21. The van der Waals surface area contributed by atoms with Gasteiger partial charge >= 0.3 is 0 Å². The molecule has 5 rings (SSSR count). The Hall–Kier alpha value is -3.19. The van der Waals surface area contributed by atoms with Crippen molar-refractivity contribution in [3.63, 3.8) is 0 Å². The summed E-state index contributed by atoms with van der Waals surface area (Å²) >= 11 is 6.10. The molecule has 0 saturated carbocycles. The zero-order valence-corrected chi connectivity index (χ0v) is 16.4. The SMILES string of the molecule is O=C1Cc2cnc(Nc3ccc(N4CCCC4)nc3)nc2-c2ccc(Cl)cc2N1. The zero-order chi connectivity index (χ0) is 19.8. The fourth-order valence-corrected chi connectivity index (χ4v) is 3.92. The average Bonchev–Trinajstić information content (AvgIpc) is 3.20. The number of aromatic nitrogens is 3. The molecule has 2 aliphatic heterocycles. The van der Waals surface area contributed by atoms with Crippen LogP contribution in [0.15, 0.2) is 42.7 Å². The van der Waals surface area contributed by atoms with Crippen molar-refractivity contribution >= 4 is 40.6 Å². The smallest absolute Gasteiger partial charge is 0.228 e. The van der Waals surface area contributed by atoms with Crippen molar-refractivity contribution in [2.75, 3.05) is 28.6 Å². The number of benzene rings is 1. The van der Waals surface area contributed by atoms with Crippen LogP contribution in [-0.4, -0.2) is 33.9 Å². The number of hydrogen-bond acceptors (Lipinski definition) is 6. The van der Waals surface area contributed by atoms with Crippen LogP contribution in [0.25, 0.3) is 11.3 Å². The highest BCUT2D eigenvalue weighted by Gasteiger charge is 2.21. The van der Waals surface area contributed by atoms with Gasteiger partial charge in [0, 0.05) is 35.4 Å². The molecule has 0 radical (unpaired) electrons. The molecule has 4 heterocycles. The fraction of sp³-hybridized carbons (Fsp3) is 0.238. The third-order valence-electron chi connectivity index (χ3n) is 5.16. The minimum absolute atomic E-state index is 0.113. The molecule has 8 heteroatoms. The first-order chi connectivity index (χ1) is 14.2. The standard InChI is InChI=1S/C21H19ClN6O/c22-14-3-5-16-17(10-14)26-19(29)9-13-11-24-21(27-20(13)16)25-15-4-6-18(23-12-15)28-7-1-2-8-28/h3-6,10-12H,1-2,7-9H2,(H,26,29)(H,24,25,27). The van der Waals surface area contributed by atoms with Gasteiger partial charge in [0.1, 0.15) is 5.82 Å². The first-order valence-corrected chi connectivity index (χ1v) is 9.97. The summed E-state index contributed by atoms with van der Waals surface area (Å²) < 4.78 is 0. The molecule has 146 valence electrons.